The van der Waals surface area contributed by atoms with Crippen LogP contribution in [0.25, 0.3) is 5.69 Å². The molecule has 0 saturated heterocycles. The van der Waals surface area contributed by atoms with Gasteiger partial charge in [-0.15, -0.1) is 0 Å². The summed E-state index contributed by atoms with van der Waals surface area (Å²) in [5.74, 6) is 0.415. The maximum absolute atomic E-state index is 12.6. The molecule has 0 aliphatic rings. The minimum absolute atomic E-state index is 0. The van der Waals surface area contributed by atoms with E-state index in [1.165, 1.54) is 100 Å². The van der Waals surface area contributed by atoms with Gasteiger partial charge in [-0.3, -0.25) is 14.4 Å². The first-order valence-electron chi connectivity index (χ1n) is 15.0. The van der Waals surface area contributed by atoms with Crippen LogP contribution in [0.5, 0.6) is 11.5 Å². The van der Waals surface area contributed by atoms with Gasteiger partial charge in [0, 0.05) is 11.8 Å². The SMILES string of the molecule is CCCCCCCCCCCCCCCCCc1cc(=O)n(-c2ccc(Oc3ccccc3)c(S(=O)(=O)O)c2)[nH]1.[H-].[Li+]. The van der Waals surface area contributed by atoms with Crippen LogP contribution in [0.15, 0.2) is 64.3 Å². The van der Waals surface area contributed by atoms with E-state index in [0.717, 1.165) is 25.0 Å². The van der Waals surface area contributed by atoms with Gasteiger partial charge in [-0.2, -0.15) is 8.42 Å². The van der Waals surface area contributed by atoms with Gasteiger partial charge < -0.3 is 6.16 Å². The van der Waals surface area contributed by atoms with E-state index in [1.807, 2.05) is 6.07 Å². The average Bonchev–Trinajstić information content (AvgIpc) is 3.31. The first-order valence-corrected chi connectivity index (χ1v) is 16.5. The number of aryl methyl sites for hydroxylation is 1. The number of hydrogen-bond acceptors (Lipinski definition) is 4. The molecule has 0 aliphatic carbocycles. The van der Waals surface area contributed by atoms with Gasteiger partial charge in [0.15, 0.2) is 0 Å². The minimum Gasteiger partial charge on any atom is -1.00 e. The van der Waals surface area contributed by atoms with Gasteiger partial charge in [-0.1, -0.05) is 115 Å². The van der Waals surface area contributed by atoms with Gasteiger partial charge in [-0.25, -0.2) is 4.68 Å². The number of benzene rings is 2. The maximum Gasteiger partial charge on any atom is 1.00 e. The second-order valence-corrected chi connectivity index (χ2v) is 12.1. The largest absolute Gasteiger partial charge is 1.00 e. The first-order chi connectivity index (χ1) is 19.4. The molecule has 0 spiro atoms. The molecular weight excluding hydrogens is 531 g/mol. The van der Waals surface area contributed by atoms with Crippen LogP contribution in [0, 0.1) is 0 Å². The zero-order valence-electron chi connectivity index (χ0n) is 25.9. The van der Waals surface area contributed by atoms with Crippen molar-refractivity contribution in [2.75, 3.05) is 0 Å². The minimum atomic E-state index is -4.58. The Morgan fingerprint density at radius 2 is 1.32 bits per heavy atom. The fourth-order valence-corrected chi connectivity index (χ4v) is 5.62. The standard InChI is InChI=1S/C32H46N2O5S.Li.H/c1-2-3-4-5-6-7-8-9-10-11-12-13-14-15-17-20-27-25-32(35)34(33-27)28-23-24-30(31(26-28)40(36,37)38)39-29-21-18-16-19-22-29;;/h16,18-19,21-26,33H,2-15,17,20H2,1H3,(H,36,37,38);;/q;+1;-1. The molecular formula is C32H47LiN2O5S. The fraction of sp³-hybridized carbons (Fsp3) is 0.531. The number of unbranched alkanes of at least 4 members (excludes halogenated alkanes) is 14. The zero-order chi connectivity index (χ0) is 28.6. The van der Waals surface area contributed by atoms with E-state index in [9.17, 15) is 17.8 Å². The molecule has 7 nitrogen and oxygen atoms in total. The van der Waals surface area contributed by atoms with E-state index in [0.29, 0.717) is 11.4 Å². The van der Waals surface area contributed by atoms with E-state index < -0.39 is 15.0 Å². The first kappa shape index (κ1) is 35.0. The number of aromatic amines is 1. The summed E-state index contributed by atoms with van der Waals surface area (Å²) < 4.78 is 40.9. The van der Waals surface area contributed by atoms with Crippen LogP contribution in [-0.2, 0) is 16.5 Å². The van der Waals surface area contributed by atoms with Crippen LogP contribution in [0.1, 0.15) is 110 Å². The number of nitrogens with zero attached hydrogens (tertiary/aromatic N) is 1. The van der Waals surface area contributed by atoms with Crippen molar-refractivity contribution in [2.24, 2.45) is 0 Å². The summed E-state index contributed by atoms with van der Waals surface area (Å²) in [6, 6.07) is 14.5. The monoisotopic (exact) mass is 578 g/mol. The number of H-pyrrole nitrogens is 1. The van der Waals surface area contributed by atoms with E-state index in [1.54, 1.807) is 36.4 Å². The van der Waals surface area contributed by atoms with Crippen molar-refractivity contribution >= 4 is 10.1 Å². The molecule has 0 unspecified atom stereocenters. The van der Waals surface area contributed by atoms with Gasteiger partial charge in [-0.05, 0) is 43.2 Å². The Hall–Kier alpha value is -2.24. The summed E-state index contributed by atoms with van der Waals surface area (Å²) in [6.45, 7) is 2.26. The van der Waals surface area contributed by atoms with Crippen molar-refractivity contribution in [3.8, 4) is 17.2 Å². The van der Waals surface area contributed by atoms with Crippen LogP contribution in [0.2, 0.25) is 0 Å². The molecule has 9 heteroatoms. The van der Waals surface area contributed by atoms with Crippen LogP contribution < -0.4 is 29.2 Å². The molecule has 0 amide bonds. The van der Waals surface area contributed by atoms with Crippen molar-refractivity contribution in [1.29, 1.82) is 0 Å². The Balaban J connectivity index is 0.00000441. The van der Waals surface area contributed by atoms with Gasteiger partial charge in [0.05, 0.1) is 5.69 Å². The molecule has 222 valence electrons. The number of ether oxygens (including phenoxy) is 1. The number of nitrogens with one attached hydrogen (secondary N) is 1. The number of rotatable bonds is 20. The van der Waals surface area contributed by atoms with E-state index in [4.69, 9.17) is 4.74 Å². The topological polar surface area (TPSA) is 101 Å². The van der Waals surface area contributed by atoms with Gasteiger partial charge in [0.1, 0.15) is 16.4 Å². The van der Waals surface area contributed by atoms with E-state index >= 15 is 0 Å². The number of aromatic nitrogens is 2. The Bertz CT molecular complexity index is 1310. The average molecular weight is 579 g/mol. The molecule has 0 fully saturated rings. The van der Waals surface area contributed by atoms with Crippen molar-refractivity contribution in [3.05, 3.63) is 70.6 Å². The zero-order valence-corrected chi connectivity index (χ0v) is 25.8. The summed E-state index contributed by atoms with van der Waals surface area (Å²) in [5, 5.41) is 3.08. The van der Waals surface area contributed by atoms with Crippen LogP contribution in [-0.4, -0.2) is 22.8 Å². The molecule has 0 bridgehead atoms. The Labute approximate surface area is 259 Å². The number of hydrogen-bond donors (Lipinski definition) is 2. The van der Waals surface area contributed by atoms with E-state index in [2.05, 4.69) is 12.0 Å². The van der Waals surface area contributed by atoms with Gasteiger partial charge in [0.2, 0.25) is 0 Å². The molecule has 1 aromatic heterocycles. The fourth-order valence-electron chi connectivity index (χ4n) is 4.99. The number of para-hydroxylation sites is 1. The second kappa shape index (κ2) is 19.0. The van der Waals surface area contributed by atoms with Crippen LogP contribution >= 0.6 is 0 Å². The van der Waals surface area contributed by atoms with Gasteiger partial charge >= 0.3 is 18.9 Å². The molecule has 1 heterocycles. The summed E-state index contributed by atoms with van der Waals surface area (Å²) >= 11 is 0. The molecule has 3 aromatic rings. The Morgan fingerprint density at radius 1 is 0.780 bits per heavy atom. The molecule has 2 aromatic carbocycles. The van der Waals surface area contributed by atoms with Crippen molar-refractivity contribution in [2.45, 2.75) is 115 Å². The predicted octanol–water partition coefficient (Wildman–Crippen LogP) is 5.74. The van der Waals surface area contributed by atoms with Crippen molar-refractivity contribution in [3.63, 3.8) is 0 Å². The van der Waals surface area contributed by atoms with Crippen LogP contribution in [0.3, 0.4) is 0 Å². The third-order valence-corrected chi connectivity index (χ3v) is 8.13. The van der Waals surface area contributed by atoms with Crippen molar-refractivity contribution < 1.29 is 38.0 Å². The smallest absolute Gasteiger partial charge is 1.00 e. The molecule has 3 rings (SSSR count). The molecule has 0 radical (unpaired) electrons. The predicted molar refractivity (Wildman–Crippen MR) is 162 cm³/mol. The summed E-state index contributed by atoms with van der Waals surface area (Å²) in [5.41, 5.74) is 0.826. The van der Waals surface area contributed by atoms with E-state index in [-0.39, 0.29) is 31.6 Å². The summed E-state index contributed by atoms with van der Waals surface area (Å²) in [7, 11) is -4.58. The maximum atomic E-state index is 12.6. The molecule has 2 N–H and O–H groups in total. The quantitative estimate of drug-likeness (QED) is 0.101. The molecule has 0 atom stereocenters. The van der Waals surface area contributed by atoms with Crippen molar-refractivity contribution in [1.82, 2.24) is 9.78 Å². The summed E-state index contributed by atoms with van der Waals surface area (Å²) in [4.78, 5) is 12.2. The molecule has 0 saturated carbocycles. The molecule has 41 heavy (non-hydrogen) atoms. The Morgan fingerprint density at radius 3 is 1.85 bits per heavy atom. The van der Waals surface area contributed by atoms with Gasteiger partial charge in [0.25, 0.3) is 15.7 Å². The van der Waals surface area contributed by atoms with Crippen LogP contribution in [0.4, 0.5) is 0 Å². The third-order valence-electron chi connectivity index (χ3n) is 7.26. The molecule has 0 aliphatic heterocycles. The third kappa shape index (κ3) is 12.7. The Kier molecular flexibility index (Phi) is 16.2. The summed E-state index contributed by atoms with van der Waals surface area (Å²) in [6.07, 6.45) is 20.3. The normalized spacial score (nSPS) is 11.4. The second-order valence-electron chi connectivity index (χ2n) is 10.7.